The first kappa shape index (κ1) is 17.4. The summed E-state index contributed by atoms with van der Waals surface area (Å²) in [5.74, 6) is 2.41. The zero-order chi connectivity index (χ0) is 19.1. The van der Waals surface area contributed by atoms with E-state index in [4.69, 9.17) is 9.26 Å². The molecule has 28 heavy (non-hydrogen) atoms. The van der Waals surface area contributed by atoms with Crippen LogP contribution in [0.15, 0.2) is 39.6 Å². The maximum absolute atomic E-state index is 12.9. The molecule has 2 fully saturated rings. The third-order valence-electron chi connectivity index (χ3n) is 5.54. The van der Waals surface area contributed by atoms with Crippen LogP contribution < -0.4 is 5.69 Å². The van der Waals surface area contributed by atoms with Crippen LogP contribution in [0.25, 0.3) is 0 Å². The molecule has 0 N–H and O–H groups in total. The minimum Gasteiger partial charge on any atom is -0.370 e. The quantitative estimate of drug-likeness (QED) is 0.652. The highest BCUT2D eigenvalue weighted by atomic mass is 16.5. The van der Waals surface area contributed by atoms with Crippen molar-refractivity contribution >= 4 is 0 Å². The van der Waals surface area contributed by atoms with Crippen LogP contribution in [0.2, 0.25) is 0 Å². The molecule has 0 radical (unpaired) electrons. The lowest BCUT2D eigenvalue weighted by atomic mass is 9.92. The average Bonchev–Trinajstić information content (AvgIpc) is 3.14. The molecule has 2 aliphatic rings. The summed E-state index contributed by atoms with van der Waals surface area (Å²) in [6.45, 7) is 3.35. The second-order valence-electron chi connectivity index (χ2n) is 7.46. The first-order valence-electron chi connectivity index (χ1n) is 9.91. The molecule has 1 aliphatic carbocycles. The van der Waals surface area contributed by atoms with Gasteiger partial charge in [-0.15, -0.1) is 0 Å². The molecule has 8 nitrogen and oxygen atoms in total. The maximum Gasteiger partial charge on any atom is 0.346 e. The Balaban J connectivity index is 1.45. The monoisotopic (exact) mass is 381 g/mol. The summed E-state index contributed by atoms with van der Waals surface area (Å²) >= 11 is 0. The minimum atomic E-state index is -0.233. The van der Waals surface area contributed by atoms with Crippen LogP contribution in [-0.4, -0.2) is 31.1 Å². The molecular weight excluding hydrogens is 358 g/mol. The molecule has 0 amide bonds. The number of nitrogens with zero attached hydrogens (tertiary/aromatic N) is 5. The highest BCUT2D eigenvalue weighted by Crippen LogP contribution is 2.41. The van der Waals surface area contributed by atoms with Gasteiger partial charge in [-0.3, -0.25) is 4.57 Å². The Morgan fingerprint density at radius 1 is 1.18 bits per heavy atom. The normalized spacial score (nSPS) is 22.0. The Morgan fingerprint density at radius 3 is 2.75 bits per heavy atom. The van der Waals surface area contributed by atoms with E-state index in [-0.39, 0.29) is 24.3 Å². The molecule has 3 heterocycles. The zero-order valence-electron chi connectivity index (χ0n) is 15.8. The van der Waals surface area contributed by atoms with Crippen LogP contribution >= 0.6 is 0 Å². The topological polar surface area (TPSA) is 88.0 Å². The summed E-state index contributed by atoms with van der Waals surface area (Å²) < 4.78 is 14.4. The summed E-state index contributed by atoms with van der Waals surface area (Å²) in [5, 5.41) is 8.64. The van der Waals surface area contributed by atoms with Gasteiger partial charge in [0.05, 0.1) is 0 Å². The average molecular weight is 381 g/mol. The summed E-state index contributed by atoms with van der Waals surface area (Å²) in [6, 6.07) is 10.3. The van der Waals surface area contributed by atoms with Crippen LogP contribution in [0, 0.1) is 0 Å². The predicted octanol–water partition coefficient (Wildman–Crippen LogP) is 2.62. The summed E-state index contributed by atoms with van der Waals surface area (Å²) in [7, 11) is 0. The van der Waals surface area contributed by atoms with Gasteiger partial charge in [0.1, 0.15) is 12.6 Å². The van der Waals surface area contributed by atoms with Crippen LogP contribution in [0.5, 0.6) is 0 Å². The van der Waals surface area contributed by atoms with Gasteiger partial charge in [0.15, 0.2) is 11.6 Å². The van der Waals surface area contributed by atoms with Gasteiger partial charge in [-0.25, -0.2) is 9.48 Å². The number of hydrogen-bond donors (Lipinski definition) is 0. The van der Waals surface area contributed by atoms with Crippen molar-refractivity contribution < 1.29 is 9.26 Å². The Kier molecular flexibility index (Phi) is 4.35. The Bertz CT molecular complexity index is 1020. The molecule has 0 unspecified atom stereocenters. The van der Waals surface area contributed by atoms with E-state index in [9.17, 15) is 4.79 Å². The van der Waals surface area contributed by atoms with Crippen LogP contribution in [0.4, 0.5) is 0 Å². The lowest BCUT2D eigenvalue weighted by Crippen LogP contribution is -2.26. The van der Waals surface area contributed by atoms with Gasteiger partial charge < -0.3 is 9.26 Å². The van der Waals surface area contributed by atoms with E-state index in [2.05, 4.69) is 27.4 Å². The number of rotatable bonds is 6. The van der Waals surface area contributed by atoms with Crippen molar-refractivity contribution in [1.29, 1.82) is 0 Å². The molecule has 1 aliphatic heterocycles. The molecule has 0 spiro atoms. The van der Waals surface area contributed by atoms with Crippen molar-refractivity contribution in [2.24, 2.45) is 0 Å². The first-order chi connectivity index (χ1) is 13.7. The van der Waals surface area contributed by atoms with E-state index in [1.807, 2.05) is 25.1 Å². The third kappa shape index (κ3) is 3.07. The van der Waals surface area contributed by atoms with E-state index in [0.29, 0.717) is 36.6 Å². The number of hydrogen-bond acceptors (Lipinski definition) is 6. The highest BCUT2D eigenvalue weighted by molar-refractivity contribution is 5.23. The van der Waals surface area contributed by atoms with Crippen LogP contribution in [0.1, 0.15) is 67.2 Å². The van der Waals surface area contributed by atoms with Gasteiger partial charge in [0.2, 0.25) is 5.89 Å². The van der Waals surface area contributed by atoms with Crippen molar-refractivity contribution in [3.05, 3.63) is 63.9 Å². The summed E-state index contributed by atoms with van der Waals surface area (Å²) in [6.07, 6.45) is 2.87. The molecule has 5 rings (SSSR count). The second-order valence-corrected chi connectivity index (χ2v) is 7.46. The molecule has 1 saturated carbocycles. The van der Waals surface area contributed by atoms with Gasteiger partial charge in [-0.05, 0) is 31.7 Å². The molecule has 146 valence electrons. The number of benzene rings is 1. The lowest BCUT2D eigenvalue weighted by molar-refractivity contribution is 0.0934. The van der Waals surface area contributed by atoms with Crippen LogP contribution in [0.3, 0.4) is 0 Å². The molecule has 8 heteroatoms. The van der Waals surface area contributed by atoms with Crippen molar-refractivity contribution in [2.75, 3.05) is 6.61 Å². The van der Waals surface area contributed by atoms with Gasteiger partial charge in [0, 0.05) is 25.0 Å². The fraction of sp³-hybridized carbons (Fsp3) is 0.500. The van der Waals surface area contributed by atoms with Crippen molar-refractivity contribution in [1.82, 2.24) is 24.5 Å². The molecular formula is C20H23N5O3. The Labute approximate surface area is 162 Å². The van der Waals surface area contributed by atoms with Crippen molar-refractivity contribution in [3.8, 4) is 0 Å². The Morgan fingerprint density at radius 2 is 2.00 bits per heavy atom. The molecule has 3 aromatic rings. The Hall–Kier alpha value is -2.74. The van der Waals surface area contributed by atoms with Gasteiger partial charge in [-0.2, -0.15) is 10.1 Å². The SMILES string of the molecule is CCn1c([C@H]2OCC[C@H]2c2ccccc2)nn(Cc2noc(C3CC3)n2)c1=O. The number of ether oxygens (including phenoxy) is 1. The molecule has 1 aromatic carbocycles. The number of aromatic nitrogens is 5. The molecule has 2 atom stereocenters. The van der Waals surface area contributed by atoms with Gasteiger partial charge in [-0.1, -0.05) is 35.5 Å². The lowest BCUT2D eigenvalue weighted by Gasteiger charge is -2.18. The summed E-state index contributed by atoms with van der Waals surface area (Å²) in [4.78, 5) is 17.3. The highest BCUT2D eigenvalue weighted by Gasteiger charge is 2.35. The molecule has 0 bridgehead atoms. The maximum atomic E-state index is 12.9. The largest absolute Gasteiger partial charge is 0.370 e. The standard InChI is InChI=1S/C20H23N5O3/c1-2-24-18(17-15(10-11-27-17)13-6-4-3-5-7-13)22-25(20(24)26)12-16-21-19(28-23-16)14-8-9-14/h3-7,14-15,17H,2,8-12H2,1H3/t15-,17-/m0/s1. The first-order valence-corrected chi connectivity index (χ1v) is 9.91. The second kappa shape index (κ2) is 7.01. The fourth-order valence-corrected chi connectivity index (χ4v) is 3.92. The predicted molar refractivity (Wildman–Crippen MR) is 100 cm³/mol. The van der Waals surface area contributed by atoms with E-state index in [1.54, 1.807) is 4.57 Å². The minimum absolute atomic E-state index is 0.169. The molecule has 2 aromatic heterocycles. The van der Waals surface area contributed by atoms with E-state index in [1.165, 1.54) is 10.2 Å². The van der Waals surface area contributed by atoms with E-state index < -0.39 is 0 Å². The fourth-order valence-electron chi connectivity index (χ4n) is 3.92. The van der Waals surface area contributed by atoms with E-state index >= 15 is 0 Å². The summed E-state index contributed by atoms with van der Waals surface area (Å²) in [5.41, 5.74) is 1.04. The van der Waals surface area contributed by atoms with Gasteiger partial charge in [0.25, 0.3) is 0 Å². The van der Waals surface area contributed by atoms with Gasteiger partial charge >= 0.3 is 5.69 Å². The van der Waals surface area contributed by atoms with E-state index in [0.717, 1.165) is 19.3 Å². The van der Waals surface area contributed by atoms with Crippen molar-refractivity contribution in [3.63, 3.8) is 0 Å². The zero-order valence-corrected chi connectivity index (χ0v) is 15.8. The molecule has 1 saturated heterocycles. The smallest absolute Gasteiger partial charge is 0.346 e. The van der Waals surface area contributed by atoms with Crippen molar-refractivity contribution in [2.45, 2.75) is 57.2 Å². The van der Waals surface area contributed by atoms with Crippen LogP contribution in [-0.2, 0) is 17.8 Å². The third-order valence-corrected chi connectivity index (χ3v) is 5.54.